The van der Waals surface area contributed by atoms with Crippen LogP contribution in [0.1, 0.15) is 55.5 Å². The Morgan fingerprint density at radius 3 is 2.20 bits per heavy atom. The molecule has 2 N–H and O–H groups in total. The van der Waals surface area contributed by atoms with Crippen LogP contribution in [0.3, 0.4) is 0 Å². The summed E-state index contributed by atoms with van der Waals surface area (Å²) in [7, 11) is 1.67. The van der Waals surface area contributed by atoms with Crippen molar-refractivity contribution in [3.05, 3.63) is 114 Å². The summed E-state index contributed by atoms with van der Waals surface area (Å²) in [6, 6.07) is 28.7. The standard InChI is InChI=1S/C36H37N5O5/c1-34-30(45-35(46-34)19-9-10-20-35)28(21-42)44-33(34)41-23-39-29-31(37-22-38-32(29)41)40-36(24-11-5-3-6-12-24,25-13-7-4-8-14-25)26-15-17-27(43-2)18-16-26/h3-8,11-18,22-23,28,30,33,42H,9-10,19-21H2,1-2H3,(H,37,38,40)/t28-,30-,33-,34-/m1/s1. The van der Waals surface area contributed by atoms with Gasteiger partial charge in [0, 0.05) is 12.8 Å². The summed E-state index contributed by atoms with van der Waals surface area (Å²) in [5.41, 5.74) is 2.52. The van der Waals surface area contributed by atoms with Gasteiger partial charge in [-0.15, -0.1) is 0 Å². The Morgan fingerprint density at radius 2 is 1.57 bits per heavy atom. The third-order valence-corrected chi connectivity index (χ3v) is 9.84. The first kappa shape index (κ1) is 29.1. The molecular weight excluding hydrogens is 582 g/mol. The molecule has 2 aromatic heterocycles. The van der Waals surface area contributed by atoms with E-state index in [0.717, 1.165) is 48.1 Å². The maximum absolute atomic E-state index is 10.3. The van der Waals surface area contributed by atoms with Crippen LogP contribution < -0.4 is 10.1 Å². The van der Waals surface area contributed by atoms with Gasteiger partial charge < -0.3 is 29.4 Å². The third-order valence-electron chi connectivity index (χ3n) is 9.84. The minimum Gasteiger partial charge on any atom is -0.497 e. The number of hydrogen-bond acceptors (Lipinski definition) is 9. The third kappa shape index (κ3) is 4.43. The van der Waals surface area contributed by atoms with E-state index in [4.69, 9.17) is 33.9 Å². The SMILES string of the molecule is COc1ccc(C(Nc2ncnc3c2ncn3[C@@H]2O[C@H](CO)[C@H]3OC4(CCCC4)O[C@]32C)(c2ccccc2)c2ccccc2)cc1. The molecule has 0 unspecified atom stereocenters. The van der Waals surface area contributed by atoms with Crippen LogP contribution in [0.5, 0.6) is 5.75 Å². The van der Waals surface area contributed by atoms with Gasteiger partial charge >= 0.3 is 0 Å². The van der Waals surface area contributed by atoms with E-state index in [0.29, 0.717) is 17.0 Å². The molecule has 1 spiro atoms. The molecule has 0 radical (unpaired) electrons. The molecule has 8 rings (SSSR count). The average Bonchev–Trinajstić information content (AvgIpc) is 3.87. The van der Waals surface area contributed by atoms with Crippen molar-refractivity contribution in [3.63, 3.8) is 0 Å². The molecular formula is C36H37N5O5. The first-order chi connectivity index (χ1) is 22.5. The molecule has 3 aliphatic rings. The van der Waals surface area contributed by atoms with E-state index in [-0.39, 0.29) is 6.61 Å². The normalized spacial score (nSPS) is 25.2. The molecule has 1 saturated carbocycles. The Hall–Kier alpha value is -4.35. The minimum absolute atomic E-state index is 0.177. The van der Waals surface area contributed by atoms with Crippen molar-refractivity contribution in [2.45, 2.75) is 68.0 Å². The predicted octanol–water partition coefficient (Wildman–Crippen LogP) is 5.57. The van der Waals surface area contributed by atoms with E-state index in [2.05, 4.69) is 41.7 Å². The zero-order chi connectivity index (χ0) is 31.4. The highest BCUT2D eigenvalue weighted by molar-refractivity contribution is 5.84. The lowest BCUT2D eigenvalue weighted by Crippen LogP contribution is -2.42. The van der Waals surface area contributed by atoms with Gasteiger partial charge in [0.1, 0.15) is 35.4 Å². The number of nitrogens with one attached hydrogen (secondary N) is 1. The van der Waals surface area contributed by atoms with E-state index in [1.54, 1.807) is 19.8 Å². The number of benzene rings is 3. The summed E-state index contributed by atoms with van der Waals surface area (Å²) in [5, 5.41) is 14.1. The van der Waals surface area contributed by atoms with Crippen molar-refractivity contribution >= 4 is 17.0 Å². The van der Waals surface area contributed by atoms with Crippen molar-refractivity contribution in [1.29, 1.82) is 0 Å². The highest BCUT2D eigenvalue weighted by atomic mass is 16.8. The van der Waals surface area contributed by atoms with E-state index < -0.39 is 35.4 Å². The first-order valence-electron chi connectivity index (χ1n) is 15.9. The Labute approximate surface area is 267 Å². The molecule has 0 amide bonds. The van der Waals surface area contributed by atoms with E-state index in [9.17, 15) is 5.11 Å². The lowest BCUT2D eigenvalue weighted by atomic mass is 9.77. The highest BCUT2D eigenvalue weighted by Gasteiger charge is 2.66. The number of aromatic nitrogens is 4. The van der Waals surface area contributed by atoms with E-state index >= 15 is 0 Å². The second kappa shape index (κ2) is 11.2. The van der Waals surface area contributed by atoms with Gasteiger partial charge in [0.05, 0.1) is 20.0 Å². The van der Waals surface area contributed by atoms with Crippen LogP contribution in [0.15, 0.2) is 97.6 Å². The Kier molecular flexibility index (Phi) is 7.06. The van der Waals surface area contributed by atoms with Crippen LogP contribution in [0, 0.1) is 0 Å². The van der Waals surface area contributed by atoms with Gasteiger partial charge in [-0.25, -0.2) is 15.0 Å². The first-order valence-corrected chi connectivity index (χ1v) is 15.9. The van der Waals surface area contributed by atoms with Crippen LogP contribution in [0.25, 0.3) is 11.2 Å². The maximum atomic E-state index is 10.3. The summed E-state index contributed by atoms with van der Waals surface area (Å²) in [4.78, 5) is 14.3. The van der Waals surface area contributed by atoms with Gasteiger partial charge in [-0.3, -0.25) is 4.57 Å². The number of aliphatic hydroxyl groups is 1. The van der Waals surface area contributed by atoms with Gasteiger partial charge in [0.2, 0.25) is 0 Å². The summed E-state index contributed by atoms with van der Waals surface area (Å²) < 4.78 is 27.1. The Bertz CT molecular complexity index is 1790. The average molecular weight is 620 g/mol. The van der Waals surface area contributed by atoms with Crippen LogP contribution in [-0.2, 0) is 19.7 Å². The molecule has 46 heavy (non-hydrogen) atoms. The maximum Gasteiger partial charge on any atom is 0.170 e. The van der Waals surface area contributed by atoms with Gasteiger partial charge in [-0.2, -0.15) is 0 Å². The number of aliphatic hydroxyl groups excluding tert-OH is 1. The fourth-order valence-corrected chi connectivity index (χ4v) is 7.68. The monoisotopic (exact) mass is 619 g/mol. The number of fused-ring (bicyclic) bond motifs is 2. The lowest BCUT2D eigenvalue weighted by Gasteiger charge is -2.37. The summed E-state index contributed by atoms with van der Waals surface area (Å²) >= 11 is 0. The number of nitrogens with zero attached hydrogens (tertiary/aromatic N) is 4. The topological polar surface area (TPSA) is 113 Å². The summed E-state index contributed by atoms with van der Waals surface area (Å²) in [5.74, 6) is 0.682. The number of ether oxygens (including phenoxy) is 4. The zero-order valence-corrected chi connectivity index (χ0v) is 25.9. The molecule has 3 aromatic carbocycles. The quantitative estimate of drug-likeness (QED) is 0.215. The molecule has 2 saturated heterocycles. The van der Waals surface area contributed by atoms with Gasteiger partial charge in [-0.05, 0) is 48.6 Å². The Balaban J connectivity index is 1.26. The highest BCUT2D eigenvalue weighted by Crippen LogP contribution is 2.55. The smallest absolute Gasteiger partial charge is 0.170 e. The molecule has 236 valence electrons. The number of hydrogen-bond donors (Lipinski definition) is 2. The molecule has 1 aliphatic carbocycles. The minimum atomic E-state index is -0.847. The van der Waals surface area contributed by atoms with Crippen molar-refractivity contribution in [2.24, 2.45) is 0 Å². The van der Waals surface area contributed by atoms with Crippen molar-refractivity contribution < 1.29 is 24.1 Å². The molecule has 10 nitrogen and oxygen atoms in total. The largest absolute Gasteiger partial charge is 0.497 e. The van der Waals surface area contributed by atoms with Crippen LogP contribution in [0.2, 0.25) is 0 Å². The second-order valence-corrected chi connectivity index (χ2v) is 12.5. The summed E-state index contributed by atoms with van der Waals surface area (Å²) in [6.07, 6.45) is 5.45. The predicted molar refractivity (Wildman–Crippen MR) is 171 cm³/mol. The van der Waals surface area contributed by atoms with Gasteiger partial charge in [-0.1, -0.05) is 72.8 Å². The van der Waals surface area contributed by atoms with Crippen molar-refractivity contribution in [2.75, 3.05) is 19.0 Å². The molecule has 10 heteroatoms. The van der Waals surface area contributed by atoms with Crippen LogP contribution in [-0.4, -0.2) is 61.9 Å². The van der Waals surface area contributed by atoms with Gasteiger partial charge in [0.25, 0.3) is 0 Å². The molecule has 0 bridgehead atoms. The second-order valence-electron chi connectivity index (χ2n) is 12.5. The molecule has 3 fully saturated rings. The molecule has 4 atom stereocenters. The van der Waals surface area contributed by atoms with Crippen LogP contribution >= 0.6 is 0 Å². The van der Waals surface area contributed by atoms with E-state index in [1.807, 2.05) is 60.0 Å². The molecule has 4 heterocycles. The van der Waals surface area contributed by atoms with E-state index in [1.165, 1.54) is 0 Å². The van der Waals surface area contributed by atoms with Gasteiger partial charge in [0.15, 0.2) is 29.0 Å². The molecule has 5 aromatic rings. The van der Waals surface area contributed by atoms with Crippen molar-refractivity contribution in [3.8, 4) is 5.75 Å². The summed E-state index contributed by atoms with van der Waals surface area (Å²) in [6.45, 7) is 1.83. The number of anilines is 1. The zero-order valence-electron chi connectivity index (χ0n) is 25.9. The number of rotatable bonds is 8. The van der Waals surface area contributed by atoms with Crippen LogP contribution in [0.4, 0.5) is 5.82 Å². The molecule has 2 aliphatic heterocycles. The number of imidazole rings is 1. The van der Waals surface area contributed by atoms with Crippen molar-refractivity contribution in [1.82, 2.24) is 19.5 Å². The number of methoxy groups -OCH3 is 1. The fourth-order valence-electron chi connectivity index (χ4n) is 7.68. The Morgan fingerprint density at radius 1 is 0.913 bits per heavy atom. The lowest BCUT2D eigenvalue weighted by molar-refractivity contribution is -0.231. The fraction of sp³-hybridized carbons (Fsp3) is 0.361.